The minimum Gasteiger partial charge on any atom is -0.462 e. The summed E-state index contributed by atoms with van der Waals surface area (Å²) in [4.78, 5) is 18.9. The Morgan fingerprint density at radius 3 is 2.68 bits per heavy atom. The molecule has 0 aromatic heterocycles. The van der Waals surface area contributed by atoms with Crippen molar-refractivity contribution in [3.8, 4) is 0 Å². The predicted octanol–water partition coefficient (Wildman–Crippen LogP) is 2.94. The molecule has 156 valence electrons. The van der Waals surface area contributed by atoms with Gasteiger partial charge in [-0.1, -0.05) is 6.07 Å². The second-order valence-corrected chi connectivity index (χ2v) is 6.69. The normalized spacial score (nSPS) is 16.3. The SMILES string of the molecule is CC(C)OC(=NCCCN1CCOCC1)NC(=O)c1cccc(C(F)(F)F)c1. The number of carbonyl (C=O) groups excluding carboxylic acids is 1. The molecular formula is C19H26F3N3O3. The number of amidine groups is 1. The standard InChI is InChI=1S/C19H26F3N3O3/c1-14(2)28-18(23-7-4-8-25-9-11-27-12-10-25)24-17(26)15-5-3-6-16(13-15)19(20,21)22/h3,5-6,13-14H,4,7-12H2,1-2H3,(H,23,24,26). The number of hydrogen-bond acceptors (Lipinski definition) is 5. The molecule has 6 nitrogen and oxygen atoms in total. The second kappa shape index (κ2) is 10.4. The summed E-state index contributed by atoms with van der Waals surface area (Å²) in [5.74, 6) is -0.696. The molecule has 9 heteroatoms. The molecule has 0 saturated carbocycles. The molecule has 0 radical (unpaired) electrons. The van der Waals surface area contributed by atoms with Gasteiger partial charge in [0.2, 0.25) is 0 Å². The van der Waals surface area contributed by atoms with Crippen molar-refractivity contribution in [3.05, 3.63) is 35.4 Å². The molecule has 0 unspecified atom stereocenters. The molecule has 28 heavy (non-hydrogen) atoms. The molecule has 1 aliphatic rings. The van der Waals surface area contributed by atoms with E-state index in [-0.39, 0.29) is 17.7 Å². The van der Waals surface area contributed by atoms with Gasteiger partial charge < -0.3 is 9.47 Å². The number of carbonyl (C=O) groups is 1. The molecule has 0 atom stereocenters. The fourth-order valence-corrected chi connectivity index (χ4v) is 2.64. The topological polar surface area (TPSA) is 63.2 Å². The molecule has 1 N–H and O–H groups in total. The van der Waals surface area contributed by atoms with Gasteiger partial charge in [0.05, 0.1) is 24.9 Å². The van der Waals surface area contributed by atoms with Gasteiger partial charge in [0, 0.05) is 31.7 Å². The fourth-order valence-electron chi connectivity index (χ4n) is 2.64. The highest BCUT2D eigenvalue weighted by Crippen LogP contribution is 2.29. The fraction of sp³-hybridized carbons (Fsp3) is 0.579. The lowest BCUT2D eigenvalue weighted by atomic mass is 10.1. The average molecular weight is 401 g/mol. The van der Waals surface area contributed by atoms with Gasteiger partial charge >= 0.3 is 6.18 Å². The monoisotopic (exact) mass is 401 g/mol. The van der Waals surface area contributed by atoms with Crippen LogP contribution >= 0.6 is 0 Å². The number of nitrogens with one attached hydrogen (secondary N) is 1. The van der Waals surface area contributed by atoms with E-state index in [4.69, 9.17) is 9.47 Å². The number of halogens is 3. The molecule has 1 aliphatic heterocycles. The molecular weight excluding hydrogens is 375 g/mol. The summed E-state index contributed by atoms with van der Waals surface area (Å²) >= 11 is 0. The number of alkyl halides is 3. The van der Waals surface area contributed by atoms with Crippen LogP contribution < -0.4 is 5.32 Å². The number of rotatable bonds is 6. The van der Waals surface area contributed by atoms with Crippen molar-refractivity contribution in [2.75, 3.05) is 39.4 Å². The molecule has 1 aromatic carbocycles. The Labute approximate surface area is 162 Å². The lowest BCUT2D eigenvalue weighted by Gasteiger charge is -2.26. The number of morpholine rings is 1. The van der Waals surface area contributed by atoms with Crippen LogP contribution in [0.1, 0.15) is 36.2 Å². The van der Waals surface area contributed by atoms with Crippen LogP contribution in [-0.2, 0) is 15.7 Å². The number of hydrogen-bond donors (Lipinski definition) is 1. The third-order valence-electron chi connectivity index (χ3n) is 4.01. The largest absolute Gasteiger partial charge is 0.462 e. The van der Waals surface area contributed by atoms with Gasteiger partial charge in [-0.3, -0.25) is 15.0 Å². The zero-order valence-corrected chi connectivity index (χ0v) is 16.1. The summed E-state index contributed by atoms with van der Waals surface area (Å²) < 4.78 is 49.3. The van der Waals surface area contributed by atoms with Crippen LogP contribution in [0.3, 0.4) is 0 Å². The van der Waals surface area contributed by atoms with Crippen molar-refractivity contribution >= 4 is 11.9 Å². The van der Waals surface area contributed by atoms with Gasteiger partial charge in [0.1, 0.15) is 0 Å². The number of nitrogens with zero attached hydrogens (tertiary/aromatic N) is 2. The first-order valence-corrected chi connectivity index (χ1v) is 9.25. The maximum atomic E-state index is 12.8. The highest BCUT2D eigenvalue weighted by atomic mass is 19.4. The van der Waals surface area contributed by atoms with Crippen LogP contribution in [0, 0.1) is 0 Å². The van der Waals surface area contributed by atoms with Gasteiger partial charge in [0.25, 0.3) is 11.9 Å². The maximum Gasteiger partial charge on any atom is 0.416 e. The van der Waals surface area contributed by atoms with E-state index in [0.29, 0.717) is 6.54 Å². The average Bonchev–Trinajstić information content (AvgIpc) is 2.65. The molecule has 1 amide bonds. The summed E-state index contributed by atoms with van der Waals surface area (Å²) in [6.45, 7) is 8.04. The van der Waals surface area contributed by atoms with E-state index in [2.05, 4.69) is 15.2 Å². The molecule has 0 aliphatic carbocycles. The molecule has 0 spiro atoms. The summed E-state index contributed by atoms with van der Waals surface area (Å²) in [7, 11) is 0. The summed E-state index contributed by atoms with van der Waals surface area (Å²) in [5.41, 5.74) is -0.989. The van der Waals surface area contributed by atoms with Crippen molar-refractivity contribution in [3.63, 3.8) is 0 Å². The highest BCUT2D eigenvalue weighted by Gasteiger charge is 2.31. The minimum atomic E-state index is -4.51. The summed E-state index contributed by atoms with van der Waals surface area (Å²) in [6.07, 6.45) is -3.98. The minimum absolute atomic E-state index is 0.0133. The van der Waals surface area contributed by atoms with E-state index in [1.54, 1.807) is 13.8 Å². The Kier molecular flexibility index (Phi) is 8.25. The van der Waals surface area contributed by atoms with Gasteiger partial charge in [0.15, 0.2) is 0 Å². The maximum absolute atomic E-state index is 12.8. The quantitative estimate of drug-likeness (QED) is 0.452. The first-order chi connectivity index (χ1) is 13.3. The first kappa shape index (κ1) is 22.2. The van der Waals surface area contributed by atoms with Gasteiger partial charge in [-0.2, -0.15) is 13.2 Å². The van der Waals surface area contributed by atoms with Crippen molar-refractivity contribution in [1.29, 1.82) is 0 Å². The van der Waals surface area contributed by atoms with Crippen LogP contribution in [0.5, 0.6) is 0 Å². The number of amides is 1. The Hall–Kier alpha value is -2.13. The number of benzene rings is 1. The smallest absolute Gasteiger partial charge is 0.416 e. The van der Waals surface area contributed by atoms with Crippen molar-refractivity contribution in [2.45, 2.75) is 32.5 Å². The van der Waals surface area contributed by atoms with Gasteiger partial charge in [-0.25, -0.2) is 4.99 Å². The Morgan fingerprint density at radius 2 is 2.04 bits per heavy atom. The Bertz CT molecular complexity index is 672. The second-order valence-electron chi connectivity index (χ2n) is 6.69. The van der Waals surface area contributed by atoms with Gasteiger partial charge in [-0.05, 0) is 38.5 Å². The zero-order chi connectivity index (χ0) is 20.6. The van der Waals surface area contributed by atoms with Crippen molar-refractivity contribution in [1.82, 2.24) is 10.2 Å². The van der Waals surface area contributed by atoms with Crippen molar-refractivity contribution in [2.24, 2.45) is 4.99 Å². The highest BCUT2D eigenvalue weighted by molar-refractivity contribution is 6.04. The van der Waals surface area contributed by atoms with Crippen LogP contribution in [0.4, 0.5) is 13.2 Å². The molecule has 1 aromatic rings. The van der Waals surface area contributed by atoms with E-state index in [9.17, 15) is 18.0 Å². The number of aliphatic imine (C=N–C) groups is 1. The molecule has 0 bridgehead atoms. The molecule has 1 saturated heterocycles. The molecule has 2 rings (SSSR count). The van der Waals surface area contributed by atoms with Gasteiger partial charge in [-0.15, -0.1) is 0 Å². The van der Waals surface area contributed by atoms with Crippen LogP contribution in [-0.4, -0.2) is 62.3 Å². The third-order valence-corrected chi connectivity index (χ3v) is 4.01. The van der Waals surface area contributed by atoms with E-state index in [1.807, 2.05) is 0 Å². The first-order valence-electron chi connectivity index (χ1n) is 9.25. The summed E-state index contributed by atoms with van der Waals surface area (Å²) in [5, 5.41) is 2.47. The van der Waals surface area contributed by atoms with E-state index in [0.717, 1.165) is 51.4 Å². The molecule has 1 fully saturated rings. The Balaban J connectivity index is 1.95. The van der Waals surface area contributed by atoms with Crippen molar-refractivity contribution < 1.29 is 27.4 Å². The lowest BCUT2D eigenvalue weighted by Crippen LogP contribution is -2.37. The van der Waals surface area contributed by atoms with Crippen LogP contribution in [0.25, 0.3) is 0 Å². The molecule has 1 heterocycles. The third kappa shape index (κ3) is 7.47. The lowest BCUT2D eigenvalue weighted by molar-refractivity contribution is -0.137. The Morgan fingerprint density at radius 1 is 1.32 bits per heavy atom. The summed E-state index contributed by atoms with van der Waals surface area (Å²) in [6, 6.07) is 4.25. The van der Waals surface area contributed by atoms with E-state index >= 15 is 0 Å². The van der Waals surface area contributed by atoms with Crippen LogP contribution in [0.2, 0.25) is 0 Å². The van der Waals surface area contributed by atoms with E-state index < -0.39 is 17.6 Å². The van der Waals surface area contributed by atoms with Crippen LogP contribution in [0.15, 0.2) is 29.3 Å². The van der Waals surface area contributed by atoms with E-state index in [1.165, 1.54) is 12.1 Å². The zero-order valence-electron chi connectivity index (χ0n) is 16.1. The number of ether oxygens (including phenoxy) is 2. The predicted molar refractivity (Wildman–Crippen MR) is 99.3 cm³/mol.